The summed E-state index contributed by atoms with van der Waals surface area (Å²) in [4.78, 5) is 14.0. The first-order valence-electron chi connectivity index (χ1n) is 6.45. The maximum atomic E-state index is 12.1. The predicted molar refractivity (Wildman–Crippen MR) is 70.2 cm³/mol. The highest BCUT2D eigenvalue weighted by atomic mass is 16.3. The van der Waals surface area contributed by atoms with Crippen LogP contribution in [0.2, 0.25) is 0 Å². The van der Waals surface area contributed by atoms with Crippen LogP contribution >= 0.6 is 0 Å². The molecule has 1 amide bonds. The van der Waals surface area contributed by atoms with Gasteiger partial charge in [-0.2, -0.15) is 0 Å². The number of phenolic OH excluding ortho intramolecular Hbond substituents is 1. The summed E-state index contributed by atoms with van der Waals surface area (Å²) in [6.45, 7) is 2.25. The lowest BCUT2D eigenvalue weighted by Gasteiger charge is -2.32. The lowest BCUT2D eigenvalue weighted by atomic mass is 9.97. The first-order chi connectivity index (χ1) is 8.69. The number of piperidine rings is 1. The van der Waals surface area contributed by atoms with E-state index in [4.69, 9.17) is 5.73 Å². The molecule has 2 rings (SSSR count). The molecule has 1 aromatic rings. The summed E-state index contributed by atoms with van der Waals surface area (Å²) in [6, 6.07) is 6.88. The summed E-state index contributed by atoms with van der Waals surface area (Å²) in [5, 5.41) is 9.37. The number of nitrogens with two attached hydrogens (primary N) is 1. The largest absolute Gasteiger partial charge is 0.508 e. The highest BCUT2D eigenvalue weighted by Gasteiger charge is 2.22. The van der Waals surface area contributed by atoms with Gasteiger partial charge in [-0.25, -0.2) is 0 Å². The predicted octanol–water partition coefficient (Wildman–Crippen LogP) is 1.13. The molecule has 98 valence electrons. The zero-order valence-corrected chi connectivity index (χ0v) is 10.5. The van der Waals surface area contributed by atoms with E-state index in [0.29, 0.717) is 18.9 Å². The van der Waals surface area contributed by atoms with Crippen LogP contribution < -0.4 is 5.73 Å². The molecule has 1 aliphatic heterocycles. The van der Waals surface area contributed by atoms with Gasteiger partial charge in [0.2, 0.25) is 5.91 Å². The van der Waals surface area contributed by atoms with Crippen LogP contribution in [-0.4, -0.2) is 35.5 Å². The van der Waals surface area contributed by atoms with Gasteiger partial charge >= 0.3 is 0 Å². The summed E-state index contributed by atoms with van der Waals surface area (Å²) in [5.74, 6) is 0.768. The van der Waals surface area contributed by atoms with E-state index in [9.17, 15) is 9.90 Å². The average Bonchev–Trinajstić information content (AvgIpc) is 2.39. The van der Waals surface area contributed by atoms with Crippen LogP contribution in [0.1, 0.15) is 18.4 Å². The number of amides is 1. The van der Waals surface area contributed by atoms with Crippen molar-refractivity contribution in [1.82, 2.24) is 4.90 Å². The van der Waals surface area contributed by atoms with Crippen LogP contribution in [0.15, 0.2) is 24.3 Å². The summed E-state index contributed by atoms with van der Waals surface area (Å²) < 4.78 is 0. The zero-order chi connectivity index (χ0) is 13.0. The van der Waals surface area contributed by atoms with E-state index in [-0.39, 0.29) is 11.7 Å². The third kappa shape index (κ3) is 3.23. The van der Waals surface area contributed by atoms with Crippen molar-refractivity contribution in [1.29, 1.82) is 0 Å². The molecule has 1 saturated heterocycles. The van der Waals surface area contributed by atoms with E-state index >= 15 is 0 Å². The molecule has 1 aliphatic rings. The number of hydrogen-bond acceptors (Lipinski definition) is 3. The third-order valence-electron chi connectivity index (χ3n) is 3.47. The number of carbonyl (C=O) groups is 1. The Labute approximate surface area is 107 Å². The molecule has 0 bridgehead atoms. The normalized spacial score (nSPS) is 19.8. The van der Waals surface area contributed by atoms with Crippen molar-refractivity contribution in [3.63, 3.8) is 0 Å². The number of likely N-dealkylation sites (tertiary alicyclic amines) is 1. The molecule has 18 heavy (non-hydrogen) atoms. The number of carbonyl (C=O) groups excluding carboxylic acids is 1. The van der Waals surface area contributed by atoms with Gasteiger partial charge < -0.3 is 15.7 Å². The number of rotatable bonds is 3. The number of benzene rings is 1. The molecule has 1 aromatic carbocycles. The van der Waals surface area contributed by atoms with Crippen molar-refractivity contribution in [2.75, 3.05) is 19.6 Å². The zero-order valence-electron chi connectivity index (χ0n) is 10.5. The van der Waals surface area contributed by atoms with Gasteiger partial charge in [0.25, 0.3) is 0 Å². The Morgan fingerprint density at radius 2 is 2.33 bits per heavy atom. The minimum Gasteiger partial charge on any atom is -0.508 e. The SMILES string of the molecule is NCC1CCCN(C(=O)Cc2cccc(O)c2)C1. The Kier molecular flexibility index (Phi) is 4.20. The Bertz CT molecular complexity index is 420. The average molecular weight is 248 g/mol. The monoisotopic (exact) mass is 248 g/mol. The lowest BCUT2D eigenvalue weighted by molar-refractivity contribution is -0.132. The Morgan fingerprint density at radius 3 is 3.06 bits per heavy atom. The molecule has 1 atom stereocenters. The second-order valence-corrected chi connectivity index (χ2v) is 4.93. The van der Waals surface area contributed by atoms with Crippen LogP contribution in [0.4, 0.5) is 0 Å². The van der Waals surface area contributed by atoms with Crippen molar-refractivity contribution < 1.29 is 9.90 Å². The molecule has 0 aliphatic carbocycles. The van der Waals surface area contributed by atoms with E-state index in [1.54, 1.807) is 18.2 Å². The fourth-order valence-corrected chi connectivity index (χ4v) is 2.44. The molecular formula is C14H20N2O2. The minimum atomic E-state index is 0.124. The van der Waals surface area contributed by atoms with Crippen molar-refractivity contribution >= 4 is 5.91 Å². The summed E-state index contributed by atoms with van der Waals surface area (Å²) >= 11 is 0. The molecule has 0 saturated carbocycles. The van der Waals surface area contributed by atoms with Gasteiger partial charge in [-0.3, -0.25) is 4.79 Å². The van der Waals surface area contributed by atoms with Crippen LogP contribution in [0.5, 0.6) is 5.75 Å². The Morgan fingerprint density at radius 1 is 1.50 bits per heavy atom. The maximum absolute atomic E-state index is 12.1. The Balaban J connectivity index is 1.95. The van der Waals surface area contributed by atoms with Gasteiger partial charge in [-0.1, -0.05) is 12.1 Å². The van der Waals surface area contributed by atoms with Gasteiger partial charge in [0.15, 0.2) is 0 Å². The molecule has 1 heterocycles. The van der Waals surface area contributed by atoms with Gasteiger partial charge in [-0.05, 0) is 43.0 Å². The summed E-state index contributed by atoms with van der Waals surface area (Å²) in [6.07, 6.45) is 2.51. The second-order valence-electron chi connectivity index (χ2n) is 4.93. The number of hydrogen-bond donors (Lipinski definition) is 2. The molecule has 0 aromatic heterocycles. The van der Waals surface area contributed by atoms with Gasteiger partial charge in [0.1, 0.15) is 5.75 Å². The molecule has 3 N–H and O–H groups in total. The minimum absolute atomic E-state index is 0.124. The number of nitrogens with zero attached hydrogens (tertiary/aromatic N) is 1. The van der Waals surface area contributed by atoms with Crippen molar-refractivity contribution in [2.45, 2.75) is 19.3 Å². The quantitative estimate of drug-likeness (QED) is 0.842. The van der Waals surface area contributed by atoms with Crippen molar-refractivity contribution in [3.05, 3.63) is 29.8 Å². The molecule has 0 spiro atoms. The van der Waals surface area contributed by atoms with E-state index in [1.807, 2.05) is 11.0 Å². The van der Waals surface area contributed by atoms with E-state index < -0.39 is 0 Å². The van der Waals surface area contributed by atoms with Gasteiger partial charge in [0.05, 0.1) is 6.42 Å². The highest BCUT2D eigenvalue weighted by Crippen LogP contribution is 2.17. The molecule has 1 unspecified atom stereocenters. The summed E-state index contributed by atoms with van der Waals surface area (Å²) in [5.41, 5.74) is 6.52. The van der Waals surface area contributed by atoms with Gasteiger partial charge in [-0.15, -0.1) is 0 Å². The van der Waals surface area contributed by atoms with Crippen LogP contribution in [0.3, 0.4) is 0 Å². The number of phenols is 1. The molecule has 0 radical (unpaired) electrons. The second kappa shape index (κ2) is 5.87. The van der Waals surface area contributed by atoms with Crippen LogP contribution in [0.25, 0.3) is 0 Å². The first-order valence-corrected chi connectivity index (χ1v) is 6.45. The molecule has 4 nitrogen and oxygen atoms in total. The lowest BCUT2D eigenvalue weighted by Crippen LogP contribution is -2.42. The van der Waals surface area contributed by atoms with E-state index in [1.165, 1.54) is 0 Å². The number of aromatic hydroxyl groups is 1. The van der Waals surface area contributed by atoms with Crippen LogP contribution in [0, 0.1) is 5.92 Å². The van der Waals surface area contributed by atoms with Crippen LogP contribution in [-0.2, 0) is 11.2 Å². The van der Waals surface area contributed by atoms with Crippen molar-refractivity contribution in [2.24, 2.45) is 11.7 Å². The van der Waals surface area contributed by atoms with E-state index in [2.05, 4.69) is 0 Å². The fraction of sp³-hybridized carbons (Fsp3) is 0.500. The van der Waals surface area contributed by atoms with E-state index in [0.717, 1.165) is 31.5 Å². The maximum Gasteiger partial charge on any atom is 0.227 e. The molecular weight excluding hydrogens is 228 g/mol. The summed E-state index contributed by atoms with van der Waals surface area (Å²) in [7, 11) is 0. The first kappa shape index (κ1) is 12.9. The fourth-order valence-electron chi connectivity index (χ4n) is 2.44. The highest BCUT2D eigenvalue weighted by molar-refractivity contribution is 5.79. The third-order valence-corrected chi connectivity index (χ3v) is 3.47. The smallest absolute Gasteiger partial charge is 0.227 e. The van der Waals surface area contributed by atoms with Crippen molar-refractivity contribution in [3.8, 4) is 5.75 Å². The Hall–Kier alpha value is -1.55. The standard InChI is InChI=1S/C14H20N2O2/c15-9-12-4-2-6-16(10-12)14(18)8-11-3-1-5-13(17)7-11/h1,3,5,7,12,17H,2,4,6,8-10,15H2. The van der Waals surface area contributed by atoms with Gasteiger partial charge in [0, 0.05) is 13.1 Å². The molecule has 4 heteroatoms. The topological polar surface area (TPSA) is 66.6 Å². The molecule has 1 fully saturated rings.